The minimum Gasteiger partial charge on any atom is -0.466 e. The van der Waals surface area contributed by atoms with Crippen molar-refractivity contribution in [3.8, 4) is 0 Å². The molecule has 5 heteroatoms. The van der Waals surface area contributed by atoms with Crippen molar-refractivity contribution in [3.05, 3.63) is 23.2 Å². The molecule has 120 valence electrons. The van der Waals surface area contributed by atoms with Gasteiger partial charge in [-0.3, -0.25) is 0 Å². The zero-order valence-electron chi connectivity index (χ0n) is 14.2. The second kappa shape index (κ2) is 6.98. The molecule has 0 radical (unpaired) electrons. The van der Waals surface area contributed by atoms with Crippen molar-refractivity contribution < 1.29 is 13.9 Å². The summed E-state index contributed by atoms with van der Waals surface area (Å²) in [5.41, 5.74) is 0.674. The summed E-state index contributed by atoms with van der Waals surface area (Å²) < 4.78 is 10.8. The van der Waals surface area contributed by atoms with Gasteiger partial charge in [-0.1, -0.05) is 0 Å². The highest BCUT2D eigenvalue weighted by molar-refractivity contribution is 5.68. The third-order valence-corrected chi connectivity index (χ3v) is 3.04. The first-order valence-corrected chi connectivity index (χ1v) is 7.38. The van der Waals surface area contributed by atoms with Crippen LogP contribution < -0.4 is 10.6 Å². The van der Waals surface area contributed by atoms with E-state index in [1.165, 1.54) is 0 Å². The monoisotopic (exact) mass is 296 g/mol. The van der Waals surface area contributed by atoms with E-state index in [0.29, 0.717) is 6.54 Å². The quantitative estimate of drug-likeness (QED) is 0.873. The third-order valence-electron chi connectivity index (χ3n) is 3.04. The molecule has 0 spiro atoms. The second-order valence-electron chi connectivity index (χ2n) is 6.55. The number of ether oxygens (including phenoxy) is 1. The van der Waals surface area contributed by atoms with Crippen LogP contribution in [-0.4, -0.2) is 24.3 Å². The fraction of sp³-hybridized carbons (Fsp3) is 0.688. The van der Waals surface area contributed by atoms with Gasteiger partial charge in [0, 0.05) is 24.2 Å². The molecule has 5 nitrogen and oxygen atoms in total. The van der Waals surface area contributed by atoms with E-state index in [1.807, 2.05) is 47.6 Å². The maximum absolute atomic E-state index is 11.7. The Bertz CT molecular complexity index is 474. The van der Waals surface area contributed by atoms with Crippen molar-refractivity contribution in [2.75, 3.05) is 6.54 Å². The van der Waals surface area contributed by atoms with Crippen molar-refractivity contribution in [2.24, 2.45) is 0 Å². The molecule has 0 saturated heterocycles. The Hall–Kier alpha value is -1.49. The Morgan fingerprint density at radius 1 is 1.33 bits per heavy atom. The minimum atomic E-state index is -0.476. The van der Waals surface area contributed by atoms with Crippen LogP contribution in [0.1, 0.15) is 57.7 Å². The topological polar surface area (TPSA) is 63.5 Å². The molecule has 2 unspecified atom stereocenters. The van der Waals surface area contributed by atoms with Gasteiger partial charge in [-0.2, -0.15) is 0 Å². The molecule has 0 aromatic carbocycles. The lowest BCUT2D eigenvalue weighted by Gasteiger charge is -2.23. The lowest BCUT2D eigenvalue weighted by molar-refractivity contribution is 0.0507. The number of rotatable bonds is 5. The van der Waals surface area contributed by atoms with Crippen molar-refractivity contribution in [1.82, 2.24) is 10.6 Å². The Balaban J connectivity index is 2.41. The zero-order chi connectivity index (χ0) is 16.2. The molecule has 0 bridgehead atoms. The van der Waals surface area contributed by atoms with Gasteiger partial charge < -0.3 is 19.8 Å². The van der Waals surface area contributed by atoms with Gasteiger partial charge in [0.15, 0.2) is 0 Å². The summed E-state index contributed by atoms with van der Waals surface area (Å²) in [5, 5.41) is 6.21. The number of hydrogen-bond donors (Lipinski definition) is 2. The number of hydrogen-bond acceptors (Lipinski definition) is 4. The average molecular weight is 296 g/mol. The van der Waals surface area contributed by atoms with Crippen LogP contribution in [0.25, 0.3) is 0 Å². The van der Waals surface area contributed by atoms with E-state index in [0.717, 1.165) is 17.1 Å². The van der Waals surface area contributed by atoms with Gasteiger partial charge in [-0.05, 0) is 54.5 Å². The smallest absolute Gasteiger partial charge is 0.407 e. The number of carbonyl (C=O) groups is 1. The summed E-state index contributed by atoms with van der Waals surface area (Å²) in [6.07, 6.45) is -0.389. The van der Waals surface area contributed by atoms with Crippen LogP contribution in [-0.2, 0) is 4.74 Å². The van der Waals surface area contributed by atoms with E-state index in [1.54, 1.807) is 0 Å². The molecule has 2 atom stereocenters. The van der Waals surface area contributed by atoms with Gasteiger partial charge in [0.2, 0.25) is 0 Å². The minimum absolute atomic E-state index is 0.0180. The van der Waals surface area contributed by atoms with Gasteiger partial charge in [0.25, 0.3) is 0 Å². The maximum atomic E-state index is 11.7. The summed E-state index contributed by atoms with van der Waals surface area (Å²) in [6, 6.07) is 2.19. The zero-order valence-corrected chi connectivity index (χ0v) is 14.2. The second-order valence-corrected chi connectivity index (χ2v) is 6.55. The predicted molar refractivity (Wildman–Crippen MR) is 83.4 cm³/mol. The summed E-state index contributed by atoms with van der Waals surface area (Å²) >= 11 is 0. The van der Waals surface area contributed by atoms with E-state index in [9.17, 15) is 4.79 Å². The first kappa shape index (κ1) is 17.6. The summed E-state index contributed by atoms with van der Waals surface area (Å²) in [7, 11) is 0. The number of furan rings is 1. The van der Waals surface area contributed by atoms with Crippen LogP contribution in [0, 0.1) is 13.8 Å². The lowest BCUT2D eigenvalue weighted by atomic mass is 10.1. The fourth-order valence-corrected chi connectivity index (χ4v) is 2.10. The average Bonchev–Trinajstić information content (AvgIpc) is 2.62. The van der Waals surface area contributed by atoms with Gasteiger partial charge in [-0.25, -0.2) is 4.79 Å². The van der Waals surface area contributed by atoms with Crippen molar-refractivity contribution >= 4 is 6.09 Å². The predicted octanol–water partition coefficient (Wildman–Crippen LogP) is 3.46. The molecule has 0 fully saturated rings. The number of nitrogens with one attached hydrogen (secondary N) is 2. The molecule has 0 aliphatic rings. The van der Waals surface area contributed by atoms with E-state index in [4.69, 9.17) is 9.15 Å². The van der Waals surface area contributed by atoms with E-state index >= 15 is 0 Å². The van der Waals surface area contributed by atoms with Crippen LogP contribution in [0.2, 0.25) is 0 Å². The molecule has 0 aliphatic carbocycles. The summed E-state index contributed by atoms with van der Waals surface area (Å²) in [4.78, 5) is 11.7. The summed E-state index contributed by atoms with van der Waals surface area (Å²) in [6.45, 7) is 14.1. The molecular weight excluding hydrogens is 268 g/mol. The number of aryl methyl sites for hydroxylation is 2. The lowest BCUT2D eigenvalue weighted by Crippen LogP contribution is -2.43. The van der Waals surface area contributed by atoms with E-state index in [-0.39, 0.29) is 18.2 Å². The van der Waals surface area contributed by atoms with E-state index < -0.39 is 5.60 Å². The largest absolute Gasteiger partial charge is 0.466 e. The van der Waals surface area contributed by atoms with Crippen LogP contribution in [0.4, 0.5) is 4.79 Å². The molecule has 1 aromatic heterocycles. The number of amides is 1. The molecule has 0 saturated carbocycles. The van der Waals surface area contributed by atoms with Gasteiger partial charge in [-0.15, -0.1) is 0 Å². The van der Waals surface area contributed by atoms with Gasteiger partial charge >= 0.3 is 6.09 Å². The van der Waals surface area contributed by atoms with Crippen LogP contribution >= 0.6 is 0 Å². The maximum Gasteiger partial charge on any atom is 0.407 e. The van der Waals surface area contributed by atoms with E-state index in [2.05, 4.69) is 17.6 Å². The summed E-state index contributed by atoms with van der Waals surface area (Å²) in [5.74, 6) is 1.84. The SMILES string of the molecule is Cc1cc(C(C)NCC(C)NC(=O)OC(C)(C)C)c(C)o1. The molecule has 1 heterocycles. The molecule has 1 aromatic rings. The standard InChI is InChI=1S/C16H28N2O3/c1-10(18-15(19)21-16(5,6)7)9-17-12(3)14-8-11(2)20-13(14)4/h8,10,12,17H,9H2,1-7H3,(H,18,19). The molecule has 2 N–H and O–H groups in total. The Labute approximate surface area is 127 Å². The first-order chi connectivity index (χ1) is 9.58. The first-order valence-electron chi connectivity index (χ1n) is 7.38. The van der Waals surface area contributed by atoms with Gasteiger partial charge in [0.1, 0.15) is 17.1 Å². The van der Waals surface area contributed by atoms with Crippen molar-refractivity contribution in [2.45, 2.75) is 66.2 Å². The molecular formula is C16H28N2O3. The van der Waals surface area contributed by atoms with Crippen LogP contribution in [0.5, 0.6) is 0 Å². The Kier molecular flexibility index (Phi) is 5.84. The van der Waals surface area contributed by atoms with Crippen molar-refractivity contribution in [3.63, 3.8) is 0 Å². The molecule has 21 heavy (non-hydrogen) atoms. The Morgan fingerprint density at radius 3 is 2.43 bits per heavy atom. The van der Waals surface area contributed by atoms with Crippen LogP contribution in [0.15, 0.2) is 10.5 Å². The van der Waals surface area contributed by atoms with Gasteiger partial charge in [0.05, 0.1) is 0 Å². The third kappa shape index (κ3) is 6.21. The fourth-order valence-electron chi connectivity index (χ4n) is 2.10. The normalized spacial score (nSPS) is 14.6. The Morgan fingerprint density at radius 2 is 1.95 bits per heavy atom. The molecule has 1 rings (SSSR count). The highest BCUT2D eigenvalue weighted by atomic mass is 16.6. The van der Waals surface area contributed by atoms with Crippen molar-refractivity contribution in [1.29, 1.82) is 0 Å². The molecule has 1 amide bonds. The van der Waals surface area contributed by atoms with Crippen LogP contribution in [0.3, 0.4) is 0 Å². The molecule has 0 aliphatic heterocycles. The highest BCUT2D eigenvalue weighted by Crippen LogP contribution is 2.20. The number of alkyl carbamates (subject to hydrolysis) is 1. The highest BCUT2D eigenvalue weighted by Gasteiger charge is 2.18. The number of carbonyl (C=O) groups excluding carboxylic acids is 1.